The zero-order chi connectivity index (χ0) is 13.0. The van der Waals surface area contributed by atoms with Gasteiger partial charge in [0.25, 0.3) is 0 Å². The number of nitrogens with zero attached hydrogens (tertiary/aromatic N) is 1. The van der Waals surface area contributed by atoms with Gasteiger partial charge in [-0.15, -0.1) is 0 Å². The maximum absolute atomic E-state index is 9.79. The summed E-state index contributed by atoms with van der Waals surface area (Å²) in [6.45, 7) is 0. The molecule has 0 aliphatic carbocycles. The Morgan fingerprint density at radius 3 is 2.06 bits per heavy atom. The zero-order valence-electron chi connectivity index (χ0n) is 10.2. The van der Waals surface area contributed by atoms with E-state index in [1.165, 1.54) is 14.2 Å². The predicted octanol–water partition coefficient (Wildman–Crippen LogP) is 2.55. The van der Waals surface area contributed by atoms with Crippen LogP contribution in [0.4, 0.5) is 11.4 Å². The van der Waals surface area contributed by atoms with Crippen molar-refractivity contribution < 1.29 is 14.6 Å². The number of methoxy groups -OCH3 is 2. The van der Waals surface area contributed by atoms with Gasteiger partial charge in [-0.05, 0) is 12.1 Å². The molecule has 0 bridgehead atoms. The molecule has 0 fully saturated rings. The lowest BCUT2D eigenvalue weighted by Crippen LogP contribution is -1.94. The van der Waals surface area contributed by atoms with E-state index in [1.54, 1.807) is 24.5 Å². The van der Waals surface area contributed by atoms with E-state index in [4.69, 9.17) is 9.47 Å². The first-order valence-electron chi connectivity index (χ1n) is 5.36. The number of phenolic OH excluding ortho intramolecular Hbond substituents is 1. The van der Waals surface area contributed by atoms with Gasteiger partial charge in [0.15, 0.2) is 11.5 Å². The first kappa shape index (κ1) is 12.0. The van der Waals surface area contributed by atoms with Gasteiger partial charge >= 0.3 is 0 Å². The molecule has 0 aliphatic rings. The van der Waals surface area contributed by atoms with Gasteiger partial charge in [-0.3, -0.25) is 4.98 Å². The first-order chi connectivity index (χ1) is 8.74. The highest BCUT2D eigenvalue weighted by molar-refractivity contribution is 5.67. The fraction of sp³-hybridized carbons (Fsp3) is 0.154. The van der Waals surface area contributed by atoms with Crippen molar-refractivity contribution >= 4 is 11.4 Å². The van der Waals surface area contributed by atoms with Crippen molar-refractivity contribution in [3.63, 3.8) is 0 Å². The predicted molar refractivity (Wildman–Crippen MR) is 68.7 cm³/mol. The van der Waals surface area contributed by atoms with Gasteiger partial charge in [0, 0.05) is 35.9 Å². The molecule has 1 heterocycles. The van der Waals surface area contributed by atoms with E-state index in [1.807, 2.05) is 12.1 Å². The minimum atomic E-state index is -0.0136. The second kappa shape index (κ2) is 5.27. The molecule has 5 nitrogen and oxygen atoms in total. The minimum Gasteiger partial charge on any atom is -0.502 e. The van der Waals surface area contributed by atoms with Crippen molar-refractivity contribution in [2.45, 2.75) is 0 Å². The number of ether oxygens (including phenoxy) is 2. The Kier molecular flexibility index (Phi) is 3.52. The largest absolute Gasteiger partial charge is 0.502 e. The molecule has 2 rings (SSSR count). The molecular formula is C13H14N2O3. The van der Waals surface area contributed by atoms with Gasteiger partial charge in [0.1, 0.15) is 0 Å². The summed E-state index contributed by atoms with van der Waals surface area (Å²) < 4.78 is 10.2. The number of rotatable bonds is 4. The molecule has 2 aromatic rings. The lowest BCUT2D eigenvalue weighted by atomic mass is 10.2. The molecule has 0 unspecified atom stereocenters. The van der Waals surface area contributed by atoms with Crippen LogP contribution in [0.5, 0.6) is 17.2 Å². The van der Waals surface area contributed by atoms with Crippen LogP contribution >= 0.6 is 0 Å². The minimum absolute atomic E-state index is 0.0136. The molecule has 1 aromatic carbocycles. The highest BCUT2D eigenvalue weighted by Gasteiger charge is 2.11. The third-order valence-corrected chi connectivity index (χ3v) is 2.45. The summed E-state index contributed by atoms with van der Waals surface area (Å²) in [4.78, 5) is 3.94. The number of pyridine rings is 1. The monoisotopic (exact) mass is 246 g/mol. The Morgan fingerprint density at radius 2 is 1.56 bits per heavy atom. The number of aromatic hydroxyl groups is 1. The van der Waals surface area contributed by atoms with Gasteiger partial charge in [-0.25, -0.2) is 0 Å². The molecule has 0 saturated carbocycles. The molecular weight excluding hydrogens is 232 g/mol. The molecule has 1 aromatic heterocycles. The average Bonchev–Trinajstić information content (AvgIpc) is 2.41. The number of aromatic nitrogens is 1. The number of hydrogen-bond acceptors (Lipinski definition) is 5. The van der Waals surface area contributed by atoms with Crippen molar-refractivity contribution in [2.75, 3.05) is 19.5 Å². The lowest BCUT2D eigenvalue weighted by molar-refractivity contribution is 0.340. The summed E-state index contributed by atoms with van der Waals surface area (Å²) in [6, 6.07) is 7.06. The molecule has 94 valence electrons. The van der Waals surface area contributed by atoms with Gasteiger partial charge < -0.3 is 19.9 Å². The zero-order valence-corrected chi connectivity index (χ0v) is 10.2. The van der Waals surface area contributed by atoms with Crippen LogP contribution in [0.25, 0.3) is 0 Å². The number of nitrogens with one attached hydrogen (secondary N) is 1. The topological polar surface area (TPSA) is 63.6 Å². The molecule has 0 aliphatic heterocycles. The Bertz CT molecular complexity index is 504. The van der Waals surface area contributed by atoms with Crippen LogP contribution in [0.1, 0.15) is 0 Å². The summed E-state index contributed by atoms with van der Waals surface area (Å²) in [5.41, 5.74) is 1.65. The maximum atomic E-state index is 9.79. The SMILES string of the molecule is COc1cc(Nc2ccncc2)cc(OC)c1O. The van der Waals surface area contributed by atoms with Crippen molar-refractivity contribution in [2.24, 2.45) is 0 Å². The Labute approximate surface area is 105 Å². The third-order valence-electron chi connectivity index (χ3n) is 2.45. The second-order valence-corrected chi connectivity index (χ2v) is 3.59. The summed E-state index contributed by atoms with van der Waals surface area (Å²) in [5.74, 6) is 0.692. The van der Waals surface area contributed by atoms with Crippen LogP contribution in [0.3, 0.4) is 0 Å². The highest BCUT2D eigenvalue weighted by atomic mass is 16.5. The van der Waals surface area contributed by atoms with E-state index in [0.29, 0.717) is 11.5 Å². The van der Waals surface area contributed by atoms with E-state index >= 15 is 0 Å². The highest BCUT2D eigenvalue weighted by Crippen LogP contribution is 2.39. The van der Waals surface area contributed by atoms with Crippen LogP contribution in [-0.2, 0) is 0 Å². The molecule has 18 heavy (non-hydrogen) atoms. The number of hydrogen-bond donors (Lipinski definition) is 2. The van der Waals surface area contributed by atoms with E-state index in [2.05, 4.69) is 10.3 Å². The molecule has 0 atom stereocenters. The van der Waals surface area contributed by atoms with E-state index in [-0.39, 0.29) is 5.75 Å². The fourth-order valence-electron chi connectivity index (χ4n) is 1.57. The quantitative estimate of drug-likeness (QED) is 0.812. The Hall–Kier alpha value is -2.43. The average molecular weight is 246 g/mol. The summed E-state index contributed by atoms with van der Waals surface area (Å²) >= 11 is 0. The van der Waals surface area contributed by atoms with Crippen LogP contribution < -0.4 is 14.8 Å². The molecule has 2 N–H and O–H groups in total. The Balaban J connectivity index is 2.34. The molecule has 0 saturated heterocycles. The molecule has 0 amide bonds. The van der Waals surface area contributed by atoms with Crippen molar-refractivity contribution in [1.29, 1.82) is 0 Å². The van der Waals surface area contributed by atoms with Gasteiger partial charge in [0.2, 0.25) is 5.75 Å². The van der Waals surface area contributed by atoms with Gasteiger partial charge in [-0.2, -0.15) is 0 Å². The van der Waals surface area contributed by atoms with Crippen molar-refractivity contribution in [3.05, 3.63) is 36.7 Å². The van der Waals surface area contributed by atoms with Gasteiger partial charge in [-0.1, -0.05) is 0 Å². The second-order valence-electron chi connectivity index (χ2n) is 3.59. The Morgan fingerprint density at radius 1 is 1.00 bits per heavy atom. The summed E-state index contributed by atoms with van der Waals surface area (Å²) in [5, 5.41) is 13.0. The van der Waals surface area contributed by atoms with Crippen LogP contribution in [0.2, 0.25) is 0 Å². The first-order valence-corrected chi connectivity index (χ1v) is 5.36. The molecule has 0 radical (unpaired) electrons. The standard InChI is InChI=1S/C13H14N2O3/c1-17-11-7-10(8-12(18-2)13(11)16)15-9-3-5-14-6-4-9/h3-8,16H,1-2H3,(H,14,15). The van der Waals surface area contributed by atoms with Crippen molar-refractivity contribution in [3.8, 4) is 17.2 Å². The van der Waals surface area contributed by atoms with Crippen LogP contribution in [0.15, 0.2) is 36.7 Å². The van der Waals surface area contributed by atoms with E-state index in [0.717, 1.165) is 11.4 Å². The normalized spacial score (nSPS) is 9.89. The van der Waals surface area contributed by atoms with E-state index < -0.39 is 0 Å². The maximum Gasteiger partial charge on any atom is 0.200 e. The van der Waals surface area contributed by atoms with Crippen LogP contribution in [-0.4, -0.2) is 24.3 Å². The van der Waals surface area contributed by atoms with E-state index in [9.17, 15) is 5.11 Å². The number of phenols is 1. The van der Waals surface area contributed by atoms with Gasteiger partial charge in [0.05, 0.1) is 14.2 Å². The molecule has 5 heteroatoms. The third kappa shape index (κ3) is 2.45. The lowest BCUT2D eigenvalue weighted by Gasteiger charge is -2.12. The smallest absolute Gasteiger partial charge is 0.200 e. The summed E-state index contributed by atoms with van der Waals surface area (Å²) in [6.07, 6.45) is 3.38. The van der Waals surface area contributed by atoms with Crippen molar-refractivity contribution in [1.82, 2.24) is 4.98 Å². The fourth-order valence-corrected chi connectivity index (χ4v) is 1.57. The van der Waals surface area contributed by atoms with Crippen LogP contribution in [0, 0.1) is 0 Å². The number of benzene rings is 1. The molecule has 0 spiro atoms. The number of anilines is 2. The summed E-state index contributed by atoms with van der Waals surface area (Å²) in [7, 11) is 2.98.